The van der Waals surface area contributed by atoms with Gasteiger partial charge in [-0.05, 0) is 28.9 Å². The van der Waals surface area contributed by atoms with Crippen LogP contribution < -0.4 is 4.72 Å². The third-order valence-electron chi connectivity index (χ3n) is 2.09. The van der Waals surface area contributed by atoms with Crippen molar-refractivity contribution in [3.63, 3.8) is 0 Å². The fourth-order valence-corrected chi connectivity index (χ4v) is 3.52. The lowest BCUT2D eigenvalue weighted by Crippen LogP contribution is -2.15. The lowest BCUT2D eigenvalue weighted by molar-refractivity contribution is 0.430. The zero-order valence-electron chi connectivity index (χ0n) is 9.45. The van der Waals surface area contributed by atoms with E-state index in [1.165, 1.54) is 6.07 Å². The van der Waals surface area contributed by atoms with Gasteiger partial charge in [0, 0.05) is 16.6 Å². The van der Waals surface area contributed by atoms with E-state index in [4.69, 9.17) is 0 Å². The third kappa shape index (κ3) is 2.92. The van der Waals surface area contributed by atoms with Crippen molar-refractivity contribution in [2.45, 2.75) is 11.8 Å². The van der Waals surface area contributed by atoms with Crippen molar-refractivity contribution in [2.24, 2.45) is 0 Å². The molecule has 2 rings (SSSR count). The number of anilines is 1. The van der Waals surface area contributed by atoms with Crippen molar-refractivity contribution in [3.8, 4) is 0 Å². The molecule has 0 bridgehead atoms. The van der Waals surface area contributed by atoms with Crippen molar-refractivity contribution in [1.82, 2.24) is 5.16 Å². The summed E-state index contributed by atoms with van der Waals surface area (Å²) in [7, 11) is -4.25. The molecule has 0 saturated heterocycles. The molecule has 0 aliphatic heterocycles. The summed E-state index contributed by atoms with van der Waals surface area (Å²) in [5.41, 5.74) is 0.455. The Bertz CT molecular complexity index is 707. The van der Waals surface area contributed by atoms with Crippen molar-refractivity contribution in [3.05, 3.63) is 40.0 Å². The monoisotopic (exact) mass is 352 g/mol. The molecule has 1 heterocycles. The highest BCUT2D eigenvalue weighted by molar-refractivity contribution is 9.10. The molecule has 102 valence electrons. The molecule has 1 N–H and O–H groups in total. The van der Waals surface area contributed by atoms with Crippen LogP contribution in [0.2, 0.25) is 0 Å². The van der Waals surface area contributed by atoms with Gasteiger partial charge in [0.2, 0.25) is 5.88 Å². The van der Waals surface area contributed by atoms with Crippen LogP contribution >= 0.6 is 15.9 Å². The molecule has 0 saturated carbocycles. The van der Waals surface area contributed by atoms with E-state index in [9.17, 15) is 17.2 Å². The van der Waals surface area contributed by atoms with E-state index in [1.807, 2.05) is 4.72 Å². The Kier molecular flexibility index (Phi) is 3.59. The van der Waals surface area contributed by atoms with Crippen LogP contribution in [0.1, 0.15) is 5.69 Å². The lowest BCUT2D eigenvalue weighted by Gasteiger charge is -2.08. The molecule has 19 heavy (non-hydrogen) atoms. The van der Waals surface area contributed by atoms with Gasteiger partial charge in [-0.1, -0.05) is 5.16 Å². The van der Waals surface area contributed by atoms with E-state index >= 15 is 0 Å². The number of aryl methyl sites for hydroxylation is 1. The number of hydrogen-bond acceptors (Lipinski definition) is 4. The van der Waals surface area contributed by atoms with Crippen LogP contribution in [0, 0.1) is 18.6 Å². The first-order valence-corrected chi connectivity index (χ1v) is 7.18. The molecule has 0 aliphatic carbocycles. The van der Waals surface area contributed by atoms with Crippen molar-refractivity contribution < 1.29 is 21.7 Å². The van der Waals surface area contributed by atoms with Gasteiger partial charge < -0.3 is 4.52 Å². The SMILES string of the molecule is Cc1cc(NS(=O)(=O)c2c(F)cc(F)cc2Br)on1. The molecule has 0 atom stereocenters. The number of hydrogen-bond donors (Lipinski definition) is 1. The predicted molar refractivity (Wildman–Crippen MR) is 66.1 cm³/mol. The molecule has 2 aromatic rings. The van der Waals surface area contributed by atoms with Gasteiger partial charge in [-0.15, -0.1) is 0 Å². The molecular formula is C10H7BrF2N2O3S. The normalized spacial score (nSPS) is 11.6. The number of nitrogens with one attached hydrogen (secondary N) is 1. The van der Waals surface area contributed by atoms with Gasteiger partial charge in [0.05, 0.1) is 5.69 Å². The van der Waals surface area contributed by atoms with Crippen molar-refractivity contribution in [1.29, 1.82) is 0 Å². The Hall–Kier alpha value is -1.48. The van der Waals surface area contributed by atoms with Gasteiger partial charge in [-0.3, -0.25) is 0 Å². The van der Waals surface area contributed by atoms with E-state index in [0.29, 0.717) is 11.8 Å². The standard InChI is InChI=1S/C10H7BrF2N2O3S/c1-5-2-9(18-14-5)15-19(16,17)10-7(11)3-6(12)4-8(10)13/h2-4,15H,1H3. The number of benzene rings is 1. The number of nitrogens with zero attached hydrogens (tertiary/aromatic N) is 1. The highest BCUT2D eigenvalue weighted by Crippen LogP contribution is 2.28. The average Bonchev–Trinajstić information content (AvgIpc) is 2.60. The lowest BCUT2D eigenvalue weighted by atomic mass is 10.3. The number of halogens is 3. The Morgan fingerprint density at radius 3 is 2.53 bits per heavy atom. The van der Waals surface area contributed by atoms with Gasteiger partial charge in [-0.25, -0.2) is 21.9 Å². The van der Waals surface area contributed by atoms with Crippen LogP contribution in [0.5, 0.6) is 0 Å². The number of rotatable bonds is 3. The second-order valence-electron chi connectivity index (χ2n) is 3.64. The maximum Gasteiger partial charge on any atom is 0.268 e. The minimum Gasteiger partial charge on any atom is -0.338 e. The smallest absolute Gasteiger partial charge is 0.268 e. The first kappa shape index (κ1) is 13.9. The van der Waals surface area contributed by atoms with E-state index in [0.717, 1.165) is 6.07 Å². The summed E-state index contributed by atoms with van der Waals surface area (Å²) in [5, 5.41) is 3.49. The predicted octanol–water partition coefficient (Wildman–Crippen LogP) is 2.82. The number of sulfonamides is 1. The Morgan fingerprint density at radius 2 is 2.00 bits per heavy atom. The molecule has 1 aromatic heterocycles. The van der Waals surface area contributed by atoms with Crippen LogP contribution in [-0.2, 0) is 10.0 Å². The van der Waals surface area contributed by atoms with Gasteiger partial charge in [0.1, 0.15) is 16.5 Å². The summed E-state index contributed by atoms with van der Waals surface area (Å²) in [6, 6.07) is 2.65. The van der Waals surface area contributed by atoms with Crippen LogP contribution in [0.15, 0.2) is 32.1 Å². The summed E-state index contributed by atoms with van der Waals surface area (Å²) in [6.07, 6.45) is 0. The minimum absolute atomic E-state index is 0.159. The maximum absolute atomic E-state index is 13.6. The summed E-state index contributed by atoms with van der Waals surface area (Å²) in [4.78, 5) is -0.706. The summed E-state index contributed by atoms with van der Waals surface area (Å²) >= 11 is 2.81. The van der Waals surface area contributed by atoms with E-state index < -0.39 is 26.6 Å². The maximum atomic E-state index is 13.6. The van der Waals surface area contributed by atoms with Crippen LogP contribution in [0.4, 0.5) is 14.7 Å². The second-order valence-corrected chi connectivity index (χ2v) is 6.11. The Balaban J connectivity index is 2.45. The molecule has 9 heteroatoms. The van der Waals surface area contributed by atoms with Gasteiger partial charge in [0.15, 0.2) is 0 Å². The molecular weight excluding hydrogens is 346 g/mol. The summed E-state index contributed by atoms with van der Waals surface area (Å²) in [6.45, 7) is 1.59. The van der Waals surface area contributed by atoms with E-state index in [-0.39, 0.29) is 10.4 Å². The number of aromatic nitrogens is 1. The van der Waals surface area contributed by atoms with E-state index in [2.05, 4.69) is 25.6 Å². The molecule has 5 nitrogen and oxygen atoms in total. The molecule has 0 amide bonds. The first-order chi connectivity index (χ1) is 8.79. The van der Waals surface area contributed by atoms with E-state index in [1.54, 1.807) is 6.92 Å². The fourth-order valence-electron chi connectivity index (χ4n) is 1.38. The fraction of sp³-hybridized carbons (Fsp3) is 0.100. The van der Waals surface area contributed by atoms with Crippen molar-refractivity contribution >= 4 is 31.8 Å². The van der Waals surface area contributed by atoms with Crippen LogP contribution in [-0.4, -0.2) is 13.6 Å². The molecule has 0 fully saturated rings. The van der Waals surface area contributed by atoms with Gasteiger partial charge in [-0.2, -0.15) is 0 Å². The topological polar surface area (TPSA) is 72.2 Å². The molecule has 0 spiro atoms. The van der Waals surface area contributed by atoms with Gasteiger partial charge in [0.25, 0.3) is 10.0 Å². The quantitative estimate of drug-likeness (QED) is 0.921. The highest BCUT2D eigenvalue weighted by Gasteiger charge is 2.25. The largest absolute Gasteiger partial charge is 0.338 e. The summed E-state index contributed by atoms with van der Waals surface area (Å²) < 4.78 is 56.9. The zero-order valence-corrected chi connectivity index (χ0v) is 11.8. The first-order valence-electron chi connectivity index (χ1n) is 4.90. The second kappa shape index (κ2) is 4.89. The molecule has 0 unspecified atom stereocenters. The Morgan fingerprint density at radius 1 is 1.32 bits per heavy atom. The Labute approximate surface area is 115 Å². The summed E-state index contributed by atoms with van der Waals surface area (Å²) in [5.74, 6) is -2.26. The minimum atomic E-state index is -4.25. The zero-order chi connectivity index (χ0) is 14.2. The molecule has 1 aromatic carbocycles. The highest BCUT2D eigenvalue weighted by atomic mass is 79.9. The molecule has 0 aliphatic rings. The van der Waals surface area contributed by atoms with Crippen molar-refractivity contribution in [2.75, 3.05) is 4.72 Å². The van der Waals surface area contributed by atoms with Gasteiger partial charge >= 0.3 is 0 Å². The third-order valence-corrected chi connectivity index (χ3v) is 4.40. The molecule has 0 radical (unpaired) electrons. The van der Waals surface area contributed by atoms with Crippen LogP contribution in [0.25, 0.3) is 0 Å². The average molecular weight is 353 g/mol. The van der Waals surface area contributed by atoms with Crippen LogP contribution in [0.3, 0.4) is 0 Å².